The molecule has 1 rings (SSSR count). The number of hydrogen-bond donors (Lipinski definition) is 1. The van der Waals surface area contributed by atoms with Crippen molar-refractivity contribution < 1.29 is 4.74 Å². The molecule has 0 amide bonds. The van der Waals surface area contributed by atoms with Crippen molar-refractivity contribution in [2.75, 3.05) is 7.11 Å². The van der Waals surface area contributed by atoms with Gasteiger partial charge in [-0.3, -0.25) is 4.98 Å². The second-order valence-electron chi connectivity index (χ2n) is 2.63. The second kappa shape index (κ2) is 4.07. The molecule has 2 N–H and O–H groups in total. The topological polar surface area (TPSA) is 48.1 Å². The lowest BCUT2D eigenvalue weighted by Gasteiger charge is -2.12. The van der Waals surface area contributed by atoms with Crippen LogP contribution in [-0.4, -0.2) is 12.1 Å². The average molecular weight is 166 g/mol. The maximum Gasteiger partial charge on any atom is 0.126 e. The molecule has 0 saturated heterocycles. The third-order valence-corrected chi connectivity index (χ3v) is 1.87. The van der Waals surface area contributed by atoms with Crippen molar-refractivity contribution in [2.24, 2.45) is 5.73 Å². The van der Waals surface area contributed by atoms with Gasteiger partial charge in [-0.1, -0.05) is 6.92 Å². The average Bonchev–Trinajstić information content (AvgIpc) is 2.16. The summed E-state index contributed by atoms with van der Waals surface area (Å²) in [5.41, 5.74) is 6.83. The maximum absolute atomic E-state index is 5.85. The summed E-state index contributed by atoms with van der Waals surface area (Å²) in [7, 11) is 1.64. The summed E-state index contributed by atoms with van der Waals surface area (Å²) in [6, 6.07) is 1.85. The van der Waals surface area contributed by atoms with Crippen molar-refractivity contribution in [2.45, 2.75) is 19.4 Å². The summed E-state index contributed by atoms with van der Waals surface area (Å²) < 4.78 is 5.15. The van der Waals surface area contributed by atoms with Crippen LogP contribution >= 0.6 is 0 Å². The van der Waals surface area contributed by atoms with Crippen LogP contribution in [0.5, 0.6) is 5.75 Å². The van der Waals surface area contributed by atoms with Gasteiger partial charge in [-0.05, 0) is 12.5 Å². The van der Waals surface area contributed by atoms with E-state index in [1.54, 1.807) is 19.5 Å². The Morgan fingerprint density at radius 2 is 2.42 bits per heavy atom. The van der Waals surface area contributed by atoms with E-state index in [1.807, 2.05) is 13.0 Å². The molecule has 1 aromatic heterocycles. The first kappa shape index (κ1) is 9.00. The number of aromatic nitrogens is 1. The summed E-state index contributed by atoms with van der Waals surface area (Å²) in [5, 5.41) is 0. The Balaban J connectivity index is 2.96. The zero-order valence-corrected chi connectivity index (χ0v) is 7.45. The molecule has 66 valence electrons. The second-order valence-corrected chi connectivity index (χ2v) is 2.63. The number of nitrogens with two attached hydrogens (primary N) is 1. The van der Waals surface area contributed by atoms with Gasteiger partial charge in [0.1, 0.15) is 5.75 Å². The van der Waals surface area contributed by atoms with Crippen LogP contribution in [0.3, 0.4) is 0 Å². The molecular formula is C9H14N2O. The highest BCUT2D eigenvalue weighted by Crippen LogP contribution is 2.23. The molecule has 0 aliphatic heterocycles. The number of methoxy groups -OCH3 is 1. The van der Waals surface area contributed by atoms with E-state index >= 15 is 0 Å². The minimum Gasteiger partial charge on any atom is -0.496 e. The molecule has 1 atom stereocenters. The monoisotopic (exact) mass is 166 g/mol. The van der Waals surface area contributed by atoms with Crippen LogP contribution in [0.25, 0.3) is 0 Å². The Morgan fingerprint density at radius 1 is 1.67 bits per heavy atom. The quantitative estimate of drug-likeness (QED) is 0.740. The van der Waals surface area contributed by atoms with Crippen LogP contribution < -0.4 is 10.5 Å². The number of hydrogen-bond acceptors (Lipinski definition) is 3. The van der Waals surface area contributed by atoms with E-state index in [1.165, 1.54) is 0 Å². The van der Waals surface area contributed by atoms with E-state index in [0.29, 0.717) is 0 Å². The normalized spacial score (nSPS) is 12.6. The number of ether oxygens (including phenoxy) is 1. The molecule has 3 nitrogen and oxygen atoms in total. The van der Waals surface area contributed by atoms with Crippen molar-refractivity contribution in [3.05, 3.63) is 24.0 Å². The summed E-state index contributed by atoms with van der Waals surface area (Å²) >= 11 is 0. The van der Waals surface area contributed by atoms with Crippen molar-refractivity contribution in [3.63, 3.8) is 0 Å². The predicted octanol–water partition coefficient (Wildman–Crippen LogP) is 1.50. The fourth-order valence-electron chi connectivity index (χ4n) is 1.08. The molecule has 0 aliphatic carbocycles. The highest BCUT2D eigenvalue weighted by Gasteiger charge is 2.08. The smallest absolute Gasteiger partial charge is 0.126 e. The molecule has 0 radical (unpaired) electrons. The zero-order valence-electron chi connectivity index (χ0n) is 7.45. The molecule has 0 unspecified atom stereocenters. The van der Waals surface area contributed by atoms with Gasteiger partial charge in [0.05, 0.1) is 7.11 Å². The van der Waals surface area contributed by atoms with Gasteiger partial charge in [0, 0.05) is 24.0 Å². The van der Waals surface area contributed by atoms with Gasteiger partial charge in [-0.25, -0.2) is 0 Å². The molecular weight excluding hydrogens is 152 g/mol. The third-order valence-electron chi connectivity index (χ3n) is 1.87. The molecule has 12 heavy (non-hydrogen) atoms. The van der Waals surface area contributed by atoms with E-state index in [0.717, 1.165) is 17.7 Å². The summed E-state index contributed by atoms with van der Waals surface area (Å²) in [5.74, 6) is 0.819. The predicted molar refractivity (Wildman–Crippen MR) is 48.0 cm³/mol. The van der Waals surface area contributed by atoms with E-state index < -0.39 is 0 Å². The van der Waals surface area contributed by atoms with Crippen LogP contribution in [-0.2, 0) is 0 Å². The van der Waals surface area contributed by atoms with Gasteiger partial charge in [-0.15, -0.1) is 0 Å². The Kier molecular flexibility index (Phi) is 3.05. The van der Waals surface area contributed by atoms with E-state index in [9.17, 15) is 0 Å². The first-order chi connectivity index (χ1) is 5.79. The van der Waals surface area contributed by atoms with Crippen LogP contribution in [0.4, 0.5) is 0 Å². The highest BCUT2D eigenvalue weighted by molar-refractivity contribution is 5.32. The Bertz CT molecular complexity index is 250. The molecule has 0 aliphatic rings. The number of pyridine rings is 1. The van der Waals surface area contributed by atoms with E-state index in [2.05, 4.69) is 4.98 Å². The molecule has 0 saturated carbocycles. The van der Waals surface area contributed by atoms with Gasteiger partial charge in [-0.2, -0.15) is 0 Å². The molecule has 0 spiro atoms. The first-order valence-electron chi connectivity index (χ1n) is 4.03. The Morgan fingerprint density at radius 3 is 3.00 bits per heavy atom. The summed E-state index contributed by atoms with van der Waals surface area (Å²) in [4.78, 5) is 4.00. The molecule has 0 fully saturated rings. The fraction of sp³-hybridized carbons (Fsp3) is 0.444. The van der Waals surface area contributed by atoms with Gasteiger partial charge < -0.3 is 10.5 Å². The Labute approximate surface area is 72.6 Å². The van der Waals surface area contributed by atoms with Gasteiger partial charge in [0.25, 0.3) is 0 Å². The number of nitrogens with zero attached hydrogens (tertiary/aromatic N) is 1. The van der Waals surface area contributed by atoms with E-state index in [4.69, 9.17) is 10.5 Å². The lowest BCUT2D eigenvalue weighted by molar-refractivity contribution is 0.404. The zero-order chi connectivity index (χ0) is 8.97. The molecule has 1 heterocycles. The summed E-state index contributed by atoms with van der Waals surface area (Å²) in [6.45, 7) is 2.04. The van der Waals surface area contributed by atoms with Crippen molar-refractivity contribution in [3.8, 4) is 5.75 Å². The number of rotatable bonds is 3. The molecule has 1 aromatic rings. The maximum atomic E-state index is 5.85. The lowest BCUT2D eigenvalue weighted by atomic mass is 10.1. The highest BCUT2D eigenvalue weighted by atomic mass is 16.5. The molecule has 0 aromatic carbocycles. The fourth-order valence-corrected chi connectivity index (χ4v) is 1.08. The van der Waals surface area contributed by atoms with Crippen molar-refractivity contribution >= 4 is 0 Å². The Hall–Kier alpha value is -1.09. The lowest BCUT2D eigenvalue weighted by Crippen LogP contribution is -2.10. The van der Waals surface area contributed by atoms with Crippen molar-refractivity contribution in [1.82, 2.24) is 4.98 Å². The van der Waals surface area contributed by atoms with Crippen LogP contribution in [0.15, 0.2) is 18.5 Å². The van der Waals surface area contributed by atoms with Crippen LogP contribution in [0, 0.1) is 0 Å². The van der Waals surface area contributed by atoms with Gasteiger partial charge in [0.2, 0.25) is 0 Å². The van der Waals surface area contributed by atoms with Gasteiger partial charge >= 0.3 is 0 Å². The minimum absolute atomic E-state index is 0.0219. The third kappa shape index (κ3) is 1.74. The van der Waals surface area contributed by atoms with E-state index in [-0.39, 0.29) is 6.04 Å². The standard InChI is InChI=1S/C9H14N2O/c1-3-8(10)7-6-11-5-4-9(7)12-2/h4-6,8H,3,10H2,1-2H3/t8-/m1/s1. The van der Waals surface area contributed by atoms with Gasteiger partial charge in [0.15, 0.2) is 0 Å². The first-order valence-corrected chi connectivity index (χ1v) is 4.03. The SMILES string of the molecule is CC[C@@H](N)c1cnccc1OC. The molecule has 3 heteroatoms. The largest absolute Gasteiger partial charge is 0.496 e. The van der Waals surface area contributed by atoms with Crippen LogP contribution in [0.1, 0.15) is 24.9 Å². The summed E-state index contributed by atoms with van der Waals surface area (Å²) in [6.07, 6.45) is 4.35. The minimum atomic E-state index is 0.0219. The molecule has 0 bridgehead atoms. The van der Waals surface area contributed by atoms with Crippen molar-refractivity contribution in [1.29, 1.82) is 0 Å². The van der Waals surface area contributed by atoms with Crippen LogP contribution in [0.2, 0.25) is 0 Å².